The molecule has 1 aliphatic carbocycles. The number of carbonyl (C=O) groups is 2. The summed E-state index contributed by atoms with van der Waals surface area (Å²) in [5.74, 6) is 0.438. The van der Waals surface area contributed by atoms with Crippen molar-refractivity contribution >= 4 is 11.9 Å². The molecule has 0 aliphatic heterocycles. The highest BCUT2D eigenvalue weighted by atomic mass is 16.5. The van der Waals surface area contributed by atoms with Crippen LogP contribution in [-0.2, 0) is 9.53 Å². The zero-order chi connectivity index (χ0) is 19.4. The third-order valence-corrected chi connectivity index (χ3v) is 4.69. The number of aromatic nitrogens is 2. The van der Waals surface area contributed by atoms with Crippen LogP contribution in [0.3, 0.4) is 0 Å². The van der Waals surface area contributed by atoms with Gasteiger partial charge in [0.25, 0.3) is 5.91 Å². The molecule has 27 heavy (non-hydrogen) atoms. The lowest BCUT2D eigenvalue weighted by Crippen LogP contribution is -2.33. The maximum Gasteiger partial charge on any atom is 0.342 e. The summed E-state index contributed by atoms with van der Waals surface area (Å²) in [5, 5.41) is 9.68. The van der Waals surface area contributed by atoms with Crippen molar-refractivity contribution in [2.45, 2.75) is 38.6 Å². The SMILES string of the molecule is COc1ccc(C(NC(=O)COC(=O)c2cn[nH]c2C(C)C)C2CC2)cc1. The van der Waals surface area contributed by atoms with Crippen molar-refractivity contribution in [2.24, 2.45) is 5.92 Å². The first-order chi connectivity index (χ1) is 13.0. The molecule has 0 spiro atoms. The number of esters is 1. The summed E-state index contributed by atoms with van der Waals surface area (Å²) in [6, 6.07) is 7.58. The molecule has 1 heterocycles. The molecule has 1 aliphatic rings. The Morgan fingerprint density at radius 2 is 1.96 bits per heavy atom. The summed E-state index contributed by atoms with van der Waals surface area (Å²) < 4.78 is 10.4. The Morgan fingerprint density at radius 3 is 2.56 bits per heavy atom. The Balaban J connectivity index is 1.58. The Morgan fingerprint density at radius 1 is 1.26 bits per heavy atom. The number of carbonyl (C=O) groups excluding carboxylic acids is 2. The number of nitrogens with zero attached hydrogens (tertiary/aromatic N) is 1. The summed E-state index contributed by atoms with van der Waals surface area (Å²) in [5.41, 5.74) is 2.09. The van der Waals surface area contributed by atoms with Gasteiger partial charge in [-0.2, -0.15) is 5.10 Å². The molecule has 144 valence electrons. The van der Waals surface area contributed by atoms with E-state index in [2.05, 4.69) is 15.5 Å². The monoisotopic (exact) mass is 371 g/mol. The molecular formula is C20H25N3O4. The van der Waals surface area contributed by atoms with E-state index in [-0.39, 0.29) is 24.5 Å². The fourth-order valence-corrected chi connectivity index (χ4v) is 3.04. The van der Waals surface area contributed by atoms with Gasteiger partial charge in [-0.15, -0.1) is 0 Å². The zero-order valence-corrected chi connectivity index (χ0v) is 15.8. The Hall–Kier alpha value is -2.83. The Bertz CT molecular complexity index is 794. The molecule has 0 bridgehead atoms. The van der Waals surface area contributed by atoms with Crippen LogP contribution < -0.4 is 10.1 Å². The quantitative estimate of drug-likeness (QED) is 0.696. The second kappa shape index (κ2) is 8.24. The van der Waals surface area contributed by atoms with Gasteiger partial charge in [0.1, 0.15) is 11.3 Å². The number of benzene rings is 1. The van der Waals surface area contributed by atoms with E-state index in [4.69, 9.17) is 9.47 Å². The number of hydrogen-bond donors (Lipinski definition) is 2. The number of rotatable bonds is 8. The van der Waals surface area contributed by atoms with Gasteiger partial charge < -0.3 is 14.8 Å². The van der Waals surface area contributed by atoms with Crippen LogP contribution in [0.5, 0.6) is 5.75 Å². The molecular weight excluding hydrogens is 346 g/mol. The topological polar surface area (TPSA) is 93.3 Å². The van der Waals surface area contributed by atoms with Gasteiger partial charge in [-0.3, -0.25) is 9.89 Å². The molecule has 1 aromatic heterocycles. The average molecular weight is 371 g/mol. The van der Waals surface area contributed by atoms with Gasteiger partial charge in [0, 0.05) is 0 Å². The van der Waals surface area contributed by atoms with E-state index < -0.39 is 5.97 Å². The smallest absolute Gasteiger partial charge is 0.342 e. The minimum absolute atomic E-state index is 0.0812. The molecule has 2 N–H and O–H groups in total. The summed E-state index contributed by atoms with van der Waals surface area (Å²) >= 11 is 0. The van der Waals surface area contributed by atoms with Gasteiger partial charge in [0.15, 0.2) is 6.61 Å². The third-order valence-electron chi connectivity index (χ3n) is 4.69. The molecule has 1 atom stereocenters. The number of hydrogen-bond acceptors (Lipinski definition) is 5. The van der Waals surface area contributed by atoms with Crippen molar-refractivity contribution in [3.63, 3.8) is 0 Å². The summed E-state index contributed by atoms with van der Waals surface area (Å²) in [6.07, 6.45) is 3.58. The fourth-order valence-electron chi connectivity index (χ4n) is 3.04. The lowest BCUT2D eigenvalue weighted by Gasteiger charge is -2.19. The molecule has 1 amide bonds. The number of amides is 1. The van der Waals surface area contributed by atoms with E-state index in [1.165, 1.54) is 6.20 Å². The first-order valence-electron chi connectivity index (χ1n) is 9.13. The van der Waals surface area contributed by atoms with Crippen LogP contribution in [0.25, 0.3) is 0 Å². The highest BCUT2D eigenvalue weighted by Gasteiger charge is 2.33. The first kappa shape index (κ1) is 18.9. The maximum absolute atomic E-state index is 12.3. The fraction of sp³-hybridized carbons (Fsp3) is 0.450. The van der Waals surface area contributed by atoms with Crippen molar-refractivity contribution < 1.29 is 19.1 Å². The van der Waals surface area contributed by atoms with Crippen LogP contribution in [0, 0.1) is 5.92 Å². The molecule has 0 saturated heterocycles. The zero-order valence-electron chi connectivity index (χ0n) is 15.8. The van der Waals surface area contributed by atoms with Gasteiger partial charge in [-0.1, -0.05) is 26.0 Å². The number of H-pyrrole nitrogens is 1. The van der Waals surface area contributed by atoms with Crippen molar-refractivity contribution in [1.82, 2.24) is 15.5 Å². The van der Waals surface area contributed by atoms with Gasteiger partial charge >= 0.3 is 5.97 Å². The van der Waals surface area contributed by atoms with E-state index in [1.807, 2.05) is 38.1 Å². The Labute approximate surface area is 158 Å². The lowest BCUT2D eigenvalue weighted by atomic mass is 10.0. The first-order valence-corrected chi connectivity index (χ1v) is 9.13. The summed E-state index contributed by atoms with van der Waals surface area (Å²) in [4.78, 5) is 24.6. The van der Waals surface area contributed by atoms with Gasteiger partial charge in [0.05, 0.1) is 25.0 Å². The van der Waals surface area contributed by atoms with Crippen LogP contribution in [0.1, 0.15) is 60.3 Å². The van der Waals surface area contributed by atoms with E-state index in [0.29, 0.717) is 17.2 Å². The molecule has 1 unspecified atom stereocenters. The predicted octanol–water partition coefficient (Wildman–Crippen LogP) is 2.97. The number of ether oxygens (including phenoxy) is 2. The molecule has 7 heteroatoms. The van der Waals surface area contributed by atoms with Crippen molar-refractivity contribution in [1.29, 1.82) is 0 Å². The molecule has 1 saturated carbocycles. The number of nitrogens with one attached hydrogen (secondary N) is 2. The van der Waals surface area contributed by atoms with Crippen LogP contribution in [0.2, 0.25) is 0 Å². The van der Waals surface area contributed by atoms with Gasteiger partial charge in [-0.05, 0) is 42.4 Å². The minimum Gasteiger partial charge on any atom is -0.497 e. The average Bonchev–Trinajstić information content (AvgIpc) is 3.39. The summed E-state index contributed by atoms with van der Waals surface area (Å²) in [7, 11) is 1.62. The maximum atomic E-state index is 12.3. The van der Waals surface area contributed by atoms with Crippen LogP contribution in [-0.4, -0.2) is 35.8 Å². The summed E-state index contributed by atoms with van der Waals surface area (Å²) in [6.45, 7) is 3.58. The second-order valence-electron chi connectivity index (χ2n) is 7.08. The third kappa shape index (κ3) is 4.67. The van der Waals surface area contributed by atoms with E-state index in [9.17, 15) is 9.59 Å². The van der Waals surface area contributed by atoms with Crippen molar-refractivity contribution in [2.75, 3.05) is 13.7 Å². The van der Waals surface area contributed by atoms with Crippen molar-refractivity contribution in [3.05, 3.63) is 47.3 Å². The molecule has 0 radical (unpaired) electrons. The predicted molar refractivity (Wildman–Crippen MR) is 99.6 cm³/mol. The van der Waals surface area contributed by atoms with Crippen LogP contribution in [0.4, 0.5) is 0 Å². The standard InChI is InChI=1S/C20H25N3O4/c1-12(2)18-16(10-21-23-18)20(25)27-11-17(24)22-19(13-4-5-13)14-6-8-15(26-3)9-7-14/h6-10,12-13,19H,4-5,11H2,1-3H3,(H,21,23)(H,22,24). The second-order valence-corrected chi connectivity index (χ2v) is 7.08. The normalized spacial score (nSPS) is 14.7. The molecule has 2 aromatic rings. The Kier molecular flexibility index (Phi) is 5.78. The highest BCUT2D eigenvalue weighted by molar-refractivity contribution is 5.92. The van der Waals surface area contributed by atoms with Gasteiger partial charge in [-0.25, -0.2) is 4.79 Å². The number of methoxy groups -OCH3 is 1. The lowest BCUT2D eigenvalue weighted by molar-refractivity contribution is -0.125. The molecule has 3 rings (SSSR count). The molecule has 1 fully saturated rings. The van der Waals surface area contributed by atoms with E-state index in [0.717, 1.165) is 24.2 Å². The molecule has 7 nitrogen and oxygen atoms in total. The number of aromatic amines is 1. The van der Waals surface area contributed by atoms with E-state index >= 15 is 0 Å². The molecule has 1 aromatic carbocycles. The van der Waals surface area contributed by atoms with Crippen LogP contribution >= 0.6 is 0 Å². The van der Waals surface area contributed by atoms with Crippen molar-refractivity contribution in [3.8, 4) is 5.75 Å². The van der Waals surface area contributed by atoms with E-state index in [1.54, 1.807) is 7.11 Å². The largest absolute Gasteiger partial charge is 0.497 e. The van der Waals surface area contributed by atoms with Gasteiger partial charge in [0.2, 0.25) is 0 Å². The highest BCUT2D eigenvalue weighted by Crippen LogP contribution is 2.41. The minimum atomic E-state index is -0.546. The van der Waals surface area contributed by atoms with Crippen LogP contribution in [0.15, 0.2) is 30.5 Å².